The standard InChI is InChI=1S/C10H11N5O2/c1-7-5-12-14(6-7)9-2-8(13-11)3-10(4-9)15(16)17/h2-6,13H,11H2,1H3. The molecule has 7 nitrogen and oxygen atoms in total. The Labute approximate surface area is 97.0 Å². The topological polar surface area (TPSA) is 99.0 Å². The molecule has 1 heterocycles. The largest absolute Gasteiger partial charge is 0.324 e. The summed E-state index contributed by atoms with van der Waals surface area (Å²) in [6, 6.07) is 4.48. The van der Waals surface area contributed by atoms with Crippen LogP contribution in [0.1, 0.15) is 5.56 Å². The van der Waals surface area contributed by atoms with Crippen LogP contribution < -0.4 is 11.3 Å². The Kier molecular flexibility index (Phi) is 2.75. The zero-order chi connectivity index (χ0) is 12.4. The van der Waals surface area contributed by atoms with Gasteiger partial charge in [-0.2, -0.15) is 5.10 Å². The van der Waals surface area contributed by atoms with Gasteiger partial charge in [-0.1, -0.05) is 0 Å². The van der Waals surface area contributed by atoms with Crippen LogP contribution >= 0.6 is 0 Å². The van der Waals surface area contributed by atoms with Crippen LogP contribution in [-0.4, -0.2) is 14.7 Å². The van der Waals surface area contributed by atoms with Crippen molar-refractivity contribution in [3.05, 3.63) is 46.3 Å². The van der Waals surface area contributed by atoms with Gasteiger partial charge in [-0.25, -0.2) is 4.68 Å². The number of hydrogen-bond donors (Lipinski definition) is 2. The summed E-state index contributed by atoms with van der Waals surface area (Å²) in [7, 11) is 0. The molecule has 1 aromatic heterocycles. The van der Waals surface area contributed by atoms with E-state index in [1.165, 1.54) is 12.1 Å². The first kappa shape index (κ1) is 11.1. The predicted octanol–water partition coefficient (Wildman–Crippen LogP) is 1.37. The monoisotopic (exact) mass is 233 g/mol. The molecule has 0 atom stereocenters. The SMILES string of the molecule is Cc1cnn(-c2cc(NN)cc([N+](=O)[O-])c2)c1. The fourth-order valence-corrected chi connectivity index (χ4v) is 1.47. The highest BCUT2D eigenvalue weighted by atomic mass is 16.6. The summed E-state index contributed by atoms with van der Waals surface area (Å²) in [4.78, 5) is 10.3. The lowest BCUT2D eigenvalue weighted by atomic mass is 10.2. The molecule has 2 aromatic rings. The molecule has 88 valence electrons. The van der Waals surface area contributed by atoms with E-state index >= 15 is 0 Å². The lowest BCUT2D eigenvalue weighted by molar-refractivity contribution is -0.384. The van der Waals surface area contributed by atoms with E-state index in [0.29, 0.717) is 11.4 Å². The molecule has 0 unspecified atom stereocenters. The summed E-state index contributed by atoms with van der Waals surface area (Å²) >= 11 is 0. The van der Waals surface area contributed by atoms with Crippen molar-refractivity contribution >= 4 is 11.4 Å². The fourth-order valence-electron chi connectivity index (χ4n) is 1.47. The zero-order valence-electron chi connectivity index (χ0n) is 9.12. The minimum absolute atomic E-state index is 0.0383. The third-order valence-corrected chi connectivity index (χ3v) is 2.26. The van der Waals surface area contributed by atoms with Gasteiger partial charge in [-0.05, 0) is 18.6 Å². The number of rotatable bonds is 3. The van der Waals surface area contributed by atoms with Gasteiger partial charge in [-0.3, -0.25) is 16.0 Å². The molecule has 3 N–H and O–H groups in total. The molecule has 0 saturated heterocycles. The first-order chi connectivity index (χ1) is 8.10. The number of nitrogens with one attached hydrogen (secondary N) is 1. The molecule has 0 bridgehead atoms. The number of anilines is 1. The van der Waals surface area contributed by atoms with Crippen LogP contribution in [-0.2, 0) is 0 Å². The second kappa shape index (κ2) is 4.22. The van der Waals surface area contributed by atoms with Crippen LogP contribution in [0.25, 0.3) is 5.69 Å². The van der Waals surface area contributed by atoms with Gasteiger partial charge >= 0.3 is 0 Å². The molecule has 0 fully saturated rings. The summed E-state index contributed by atoms with van der Waals surface area (Å²) in [5.41, 5.74) is 4.37. The number of aryl methyl sites for hydroxylation is 1. The van der Waals surface area contributed by atoms with E-state index in [1.807, 2.05) is 6.92 Å². The van der Waals surface area contributed by atoms with E-state index in [4.69, 9.17) is 5.84 Å². The summed E-state index contributed by atoms with van der Waals surface area (Å²) in [5.74, 6) is 5.27. The minimum Gasteiger partial charge on any atom is -0.324 e. The van der Waals surface area contributed by atoms with Crippen molar-refractivity contribution in [2.45, 2.75) is 6.92 Å². The van der Waals surface area contributed by atoms with E-state index in [-0.39, 0.29) is 5.69 Å². The van der Waals surface area contributed by atoms with Crippen molar-refractivity contribution in [2.24, 2.45) is 5.84 Å². The third-order valence-electron chi connectivity index (χ3n) is 2.26. The van der Waals surface area contributed by atoms with Gasteiger partial charge in [0.15, 0.2) is 0 Å². The number of hydrogen-bond acceptors (Lipinski definition) is 5. The normalized spacial score (nSPS) is 10.2. The highest BCUT2D eigenvalue weighted by molar-refractivity contribution is 5.58. The van der Waals surface area contributed by atoms with Crippen molar-refractivity contribution in [3.8, 4) is 5.69 Å². The molecule has 0 amide bonds. The smallest absolute Gasteiger partial charge is 0.273 e. The van der Waals surface area contributed by atoms with Crippen LogP contribution in [0.2, 0.25) is 0 Å². The van der Waals surface area contributed by atoms with Crippen molar-refractivity contribution in [1.82, 2.24) is 9.78 Å². The van der Waals surface area contributed by atoms with Gasteiger partial charge in [0.25, 0.3) is 5.69 Å². The average molecular weight is 233 g/mol. The molecular weight excluding hydrogens is 222 g/mol. The van der Waals surface area contributed by atoms with Gasteiger partial charge < -0.3 is 5.43 Å². The first-order valence-corrected chi connectivity index (χ1v) is 4.88. The molecule has 17 heavy (non-hydrogen) atoms. The van der Waals surface area contributed by atoms with Crippen molar-refractivity contribution in [1.29, 1.82) is 0 Å². The molecule has 2 rings (SSSR count). The summed E-state index contributed by atoms with van der Waals surface area (Å²) in [6.45, 7) is 1.89. The van der Waals surface area contributed by atoms with Gasteiger partial charge in [0.1, 0.15) is 0 Å². The Morgan fingerprint density at radius 3 is 2.76 bits per heavy atom. The fraction of sp³-hybridized carbons (Fsp3) is 0.100. The van der Waals surface area contributed by atoms with E-state index in [1.54, 1.807) is 23.1 Å². The lowest BCUT2D eigenvalue weighted by Crippen LogP contribution is -2.08. The lowest BCUT2D eigenvalue weighted by Gasteiger charge is -2.05. The number of nitrogens with zero attached hydrogens (tertiary/aromatic N) is 3. The Morgan fingerprint density at radius 1 is 1.47 bits per heavy atom. The van der Waals surface area contributed by atoms with Gasteiger partial charge in [0.05, 0.1) is 22.5 Å². The number of nitro benzene ring substituents is 1. The average Bonchev–Trinajstić information content (AvgIpc) is 2.75. The van der Waals surface area contributed by atoms with Crippen molar-refractivity contribution in [2.75, 3.05) is 5.43 Å². The summed E-state index contributed by atoms with van der Waals surface area (Å²) in [5, 5.41) is 14.9. The molecule has 0 saturated carbocycles. The Balaban J connectivity index is 2.53. The Bertz CT molecular complexity index is 564. The first-order valence-electron chi connectivity index (χ1n) is 4.88. The zero-order valence-corrected chi connectivity index (χ0v) is 9.12. The molecular formula is C10H11N5O2. The molecule has 0 aliphatic carbocycles. The Hall–Kier alpha value is -2.41. The highest BCUT2D eigenvalue weighted by Crippen LogP contribution is 2.22. The van der Waals surface area contributed by atoms with Crippen LogP contribution in [0.3, 0.4) is 0 Å². The number of nitrogen functional groups attached to an aromatic ring is 1. The molecule has 0 aliphatic heterocycles. The van der Waals surface area contributed by atoms with E-state index in [0.717, 1.165) is 5.56 Å². The highest BCUT2D eigenvalue weighted by Gasteiger charge is 2.10. The third kappa shape index (κ3) is 2.23. The van der Waals surface area contributed by atoms with Crippen LogP contribution in [0.15, 0.2) is 30.6 Å². The number of benzene rings is 1. The van der Waals surface area contributed by atoms with E-state index < -0.39 is 4.92 Å². The Morgan fingerprint density at radius 2 is 2.24 bits per heavy atom. The van der Waals surface area contributed by atoms with Crippen LogP contribution in [0, 0.1) is 17.0 Å². The maximum atomic E-state index is 10.8. The molecule has 1 aromatic carbocycles. The van der Waals surface area contributed by atoms with Crippen LogP contribution in [0.5, 0.6) is 0 Å². The van der Waals surface area contributed by atoms with Gasteiger partial charge in [0.2, 0.25) is 0 Å². The molecule has 0 radical (unpaired) electrons. The quantitative estimate of drug-likeness (QED) is 0.474. The second-order valence-corrected chi connectivity index (χ2v) is 3.60. The maximum Gasteiger partial charge on any atom is 0.273 e. The predicted molar refractivity (Wildman–Crippen MR) is 62.8 cm³/mol. The van der Waals surface area contributed by atoms with Crippen molar-refractivity contribution in [3.63, 3.8) is 0 Å². The van der Waals surface area contributed by atoms with E-state index in [9.17, 15) is 10.1 Å². The maximum absolute atomic E-state index is 10.8. The number of aromatic nitrogens is 2. The summed E-state index contributed by atoms with van der Waals surface area (Å²) in [6.07, 6.45) is 3.45. The molecule has 0 aliphatic rings. The van der Waals surface area contributed by atoms with Crippen molar-refractivity contribution < 1.29 is 4.92 Å². The number of nitrogens with two attached hydrogens (primary N) is 1. The number of non-ortho nitro benzene ring substituents is 1. The molecule has 7 heteroatoms. The van der Waals surface area contributed by atoms with Gasteiger partial charge in [-0.15, -0.1) is 0 Å². The minimum atomic E-state index is -0.472. The number of hydrazine groups is 1. The molecule has 0 spiro atoms. The van der Waals surface area contributed by atoms with Gasteiger partial charge in [0, 0.05) is 18.3 Å². The summed E-state index contributed by atoms with van der Waals surface area (Å²) < 4.78 is 1.56. The van der Waals surface area contributed by atoms with Crippen LogP contribution in [0.4, 0.5) is 11.4 Å². The second-order valence-electron chi connectivity index (χ2n) is 3.60. The van der Waals surface area contributed by atoms with E-state index in [2.05, 4.69) is 10.5 Å². The number of nitro groups is 1.